The van der Waals surface area contributed by atoms with E-state index in [-0.39, 0.29) is 24.9 Å². The van der Waals surface area contributed by atoms with Crippen molar-refractivity contribution in [3.05, 3.63) is 35.4 Å². The summed E-state index contributed by atoms with van der Waals surface area (Å²) in [6.07, 6.45) is 3.72. The van der Waals surface area contributed by atoms with Crippen molar-refractivity contribution in [2.24, 2.45) is 5.92 Å². The minimum atomic E-state index is -0.445. The first kappa shape index (κ1) is 13.4. The van der Waals surface area contributed by atoms with E-state index in [2.05, 4.69) is 0 Å². The highest BCUT2D eigenvalue weighted by molar-refractivity contribution is 5.17. The second-order valence-corrected chi connectivity index (χ2v) is 4.87. The van der Waals surface area contributed by atoms with Crippen LogP contribution in [-0.4, -0.2) is 17.8 Å². The second-order valence-electron chi connectivity index (χ2n) is 4.87. The number of aliphatic hydroxyl groups is 1. The fraction of sp³-hybridized carbons (Fsp3) is 0.571. The zero-order chi connectivity index (χ0) is 13.0. The topological polar surface area (TPSA) is 29.5 Å². The molecule has 0 unspecified atom stereocenters. The maximum absolute atomic E-state index is 13.4. The predicted octanol–water partition coefficient (Wildman–Crippen LogP) is 3.03. The van der Waals surface area contributed by atoms with Gasteiger partial charge in [0.25, 0.3) is 0 Å². The van der Waals surface area contributed by atoms with Crippen molar-refractivity contribution in [1.29, 1.82) is 0 Å². The Hall–Kier alpha value is -1.00. The Labute approximate surface area is 106 Å². The van der Waals surface area contributed by atoms with Crippen LogP contribution in [0, 0.1) is 17.6 Å². The summed E-state index contributed by atoms with van der Waals surface area (Å²) in [6.45, 7) is 0.337. The van der Waals surface area contributed by atoms with E-state index in [1.807, 2.05) is 0 Å². The molecule has 1 fully saturated rings. The van der Waals surface area contributed by atoms with E-state index >= 15 is 0 Å². The lowest BCUT2D eigenvalue weighted by Gasteiger charge is -2.27. The lowest BCUT2D eigenvalue weighted by atomic mass is 9.88. The Morgan fingerprint density at radius 2 is 1.89 bits per heavy atom. The number of ether oxygens (including phenoxy) is 1. The van der Waals surface area contributed by atoms with E-state index in [4.69, 9.17) is 9.84 Å². The first-order chi connectivity index (χ1) is 8.69. The highest BCUT2D eigenvalue weighted by Gasteiger charge is 2.21. The highest BCUT2D eigenvalue weighted by Crippen LogP contribution is 2.26. The quantitative estimate of drug-likeness (QED) is 0.897. The van der Waals surface area contributed by atoms with Crippen LogP contribution in [0.5, 0.6) is 0 Å². The van der Waals surface area contributed by atoms with E-state index in [0.717, 1.165) is 37.8 Å². The molecule has 2 nitrogen and oxygen atoms in total. The summed E-state index contributed by atoms with van der Waals surface area (Å²) < 4.78 is 31.9. The van der Waals surface area contributed by atoms with Gasteiger partial charge in [0, 0.05) is 12.2 Å². The fourth-order valence-electron chi connectivity index (χ4n) is 2.34. The zero-order valence-corrected chi connectivity index (χ0v) is 10.2. The fourth-order valence-corrected chi connectivity index (χ4v) is 2.34. The van der Waals surface area contributed by atoms with Crippen molar-refractivity contribution in [3.63, 3.8) is 0 Å². The van der Waals surface area contributed by atoms with E-state index in [9.17, 15) is 8.78 Å². The predicted molar refractivity (Wildman–Crippen MR) is 64.0 cm³/mol. The third-order valence-corrected chi connectivity index (χ3v) is 3.53. The SMILES string of the molecule is OCC1CCC(OCc2cc(F)ccc2F)CC1. The number of hydrogen-bond acceptors (Lipinski definition) is 2. The number of benzene rings is 1. The molecule has 1 aliphatic rings. The molecule has 0 aromatic heterocycles. The summed E-state index contributed by atoms with van der Waals surface area (Å²) in [5, 5.41) is 9.02. The molecule has 2 rings (SSSR count). The molecule has 0 heterocycles. The Bertz CT molecular complexity index is 387. The molecule has 0 amide bonds. The van der Waals surface area contributed by atoms with Crippen molar-refractivity contribution in [3.8, 4) is 0 Å². The van der Waals surface area contributed by atoms with Gasteiger partial charge in [-0.2, -0.15) is 0 Å². The zero-order valence-electron chi connectivity index (χ0n) is 10.2. The molecule has 0 atom stereocenters. The molecule has 18 heavy (non-hydrogen) atoms. The standard InChI is InChI=1S/C14H18F2O2/c15-12-3-6-14(16)11(7-12)9-18-13-4-1-10(8-17)2-5-13/h3,6-7,10,13,17H,1-2,4-5,8-9H2. The minimum absolute atomic E-state index is 0.0930. The molecule has 0 radical (unpaired) electrons. The Balaban J connectivity index is 1.83. The Morgan fingerprint density at radius 1 is 1.17 bits per heavy atom. The molecule has 1 aromatic carbocycles. The van der Waals surface area contributed by atoms with Crippen LogP contribution in [0.25, 0.3) is 0 Å². The van der Waals surface area contributed by atoms with E-state index < -0.39 is 11.6 Å². The summed E-state index contributed by atoms with van der Waals surface area (Å²) >= 11 is 0. The molecule has 0 aliphatic heterocycles. The average Bonchev–Trinajstić information content (AvgIpc) is 2.40. The molecular weight excluding hydrogens is 238 g/mol. The van der Waals surface area contributed by atoms with E-state index in [1.54, 1.807) is 0 Å². The third-order valence-electron chi connectivity index (χ3n) is 3.53. The molecular formula is C14H18F2O2. The van der Waals surface area contributed by atoms with Crippen LogP contribution in [0.2, 0.25) is 0 Å². The van der Waals surface area contributed by atoms with Crippen LogP contribution in [0.3, 0.4) is 0 Å². The molecule has 1 aromatic rings. The molecule has 1 saturated carbocycles. The van der Waals surface area contributed by atoms with Crippen molar-refractivity contribution in [2.45, 2.75) is 38.4 Å². The molecule has 1 aliphatic carbocycles. The summed E-state index contributed by atoms with van der Waals surface area (Å²) in [5.74, 6) is -0.504. The van der Waals surface area contributed by atoms with Crippen molar-refractivity contribution in [1.82, 2.24) is 0 Å². The van der Waals surface area contributed by atoms with Crippen molar-refractivity contribution < 1.29 is 18.6 Å². The summed E-state index contributed by atoms with van der Waals surface area (Å²) in [4.78, 5) is 0. The minimum Gasteiger partial charge on any atom is -0.396 e. The number of aliphatic hydroxyl groups excluding tert-OH is 1. The monoisotopic (exact) mass is 256 g/mol. The third kappa shape index (κ3) is 3.50. The van der Waals surface area contributed by atoms with Crippen molar-refractivity contribution >= 4 is 0 Å². The largest absolute Gasteiger partial charge is 0.396 e. The van der Waals surface area contributed by atoms with Crippen LogP contribution in [-0.2, 0) is 11.3 Å². The van der Waals surface area contributed by atoms with E-state index in [1.165, 1.54) is 6.07 Å². The maximum Gasteiger partial charge on any atom is 0.128 e. The van der Waals surface area contributed by atoms with Crippen LogP contribution in [0.1, 0.15) is 31.2 Å². The Kier molecular flexibility index (Phi) is 4.66. The van der Waals surface area contributed by atoms with Gasteiger partial charge in [-0.15, -0.1) is 0 Å². The molecule has 0 bridgehead atoms. The molecule has 100 valence electrons. The van der Waals surface area contributed by atoms with Gasteiger partial charge in [-0.1, -0.05) is 0 Å². The van der Waals surface area contributed by atoms with Gasteiger partial charge in [0.2, 0.25) is 0 Å². The summed E-state index contributed by atoms with van der Waals surface area (Å²) in [7, 11) is 0. The van der Waals surface area contributed by atoms with Gasteiger partial charge in [-0.3, -0.25) is 0 Å². The number of hydrogen-bond donors (Lipinski definition) is 1. The maximum atomic E-state index is 13.4. The van der Waals surface area contributed by atoms with Gasteiger partial charge in [0.05, 0.1) is 12.7 Å². The smallest absolute Gasteiger partial charge is 0.128 e. The number of rotatable bonds is 4. The van der Waals surface area contributed by atoms with Crippen LogP contribution in [0.15, 0.2) is 18.2 Å². The first-order valence-corrected chi connectivity index (χ1v) is 6.35. The molecule has 0 spiro atoms. The highest BCUT2D eigenvalue weighted by atomic mass is 19.1. The van der Waals surface area contributed by atoms with Gasteiger partial charge in [-0.25, -0.2) is 8.78 Å². The normalized spacial score (nSPS) is 24.2. The van der Waals surface area contributed by atoms with Crippen LogP contribution >= 0.6 is 0 Å². The van der Waals surface area contributed by atoms with Crippen LogP contribution in [0.4, 0.5) is 8.78 Å². The lowest BCUT2D eigenvalue weighted by Crippen LogP contribution is -2.23. The first-order valence-electron chi connectivity index (χ1n) is 6.35. The lowest BCUT2D eigenvalue weighted by molar-refractivity contribution is 0.0000536. The summed E-state index contributed by atoms with van der Waals surface area (Å²) in [6, 6.07) is 3.40. The summed E-state index contributed by atoms with van der Waals surface area (Å²) in [5.41, 5.74) is 0.263. The molecule has 4 heteroatoms. The van der Waals surface area contributed by atoms with Gasteiger partial charge in [-0.05, 0) is 49.8 Å². The second kappa shape index (κ2) is 6.25. The van der Waals surface area contributed by atoms with Crippen molar-refractivity contribution in [2.75, 3.05) is 6.61 Å². The van der Waals surface area contributed by atoms with E-state index in [0.29, 0.717) is 5.92 Å². The van der Waals surface area contributed by atoms with Gasteiger partial charge in [0.1, 0.15) is 11.6 Å². The number of halogens is 2. The Morgan fingerprint density at radius 3 is 2.56 bits per heavy atom. The van der Waals surface area contributed by atoms with Gasteiger partial charge in [0.15, 0.2) is 0 Å². The molecule has 1 N–H and O–H groups in total. The van der Waals surface area contributed by atoms with Crippen LogP contribution < -0.4 is 0 Å². The van der Waals surface area contributed by atoms with Gasteiger partial charge < -0.3 is 9.84 Å². The van der Waals surface area contributed by atoms with Gasteiger partial charge >= 0.3 is 0 Å². The molecule has 0 saturated heterocycles. The average molecular weight is 256 g/mol.